The number of benzene rings is 2. The molecule has 1 unspecified atom stereocenters. The van der Waals surface area contributed by atoms with Crippen molar-refractivity contribution in [1.29, 1.82) is 0 Å². The van der Waals surface area contributed by atoms with Crippen molar-refractivity contribution in [3.8, 4) is 5.75 Å². The summed E-state index contributed by atoms with van der Waals surface area (Å²) in [5.41, 5.74) is 1.02. The van der Waals surface area contributed by atoms with Crippen LogP contribution in [-0.2, 0) is 14.8 Å². The number of nitrogens with zero attached hydrogens (tertiary/aromatic N) is 1. The molecule has 0 spiro atoms. The van der Waals surface area contributed by atoms with Crippen LogP contribution in [0.1, 0.15) is 11.6 Å². The second-order valence-electron chi connectivity index (χ2n) is 6.24. The van der Waals surface area contributed by atoms with Crippen LogP contribution in [0.3, 0.4) is 0 Å². The fraction of sp³-hybridized carbons (Fsp3) is 0.368. The van der Waals surface area contributed by atoms with Gasteiger partial charge in [-0.1, -0.05) is 23.7 Å². The molecule has 0 aliphatic carbocycles. The number of morpholine rings is 1. The predicted molar refractivity (Wildman–Crippen MR) is 105 cm³/mol. The smallest absolute Gasteiger partial charge is 0.240 e. The van der Waals surface area contributed by atoms with Crippen LogP contribution in [0.2, 0.25) is 5.02 Å². The molecule has 0 bridgehead atoms. The maximum absolute atomic E-state index is 12.6. The minimum Gasteiger partial charge on any atom is -0.497 e. The van der Waals surface area contributed by atoms with Crippen LogP contribution in [0.25, 0.3) is 0 Å². The maximum Gasteiger partial charge on any atom is 0.240 e. The molecule has 1 saturated heterocycles. The number of nitrogens with one attached hydrogen (secondary N) is 1. The number of methoxy groups -OCH3 is 1. The van der Waals surface area contributed by atoms with Gasteiger partial charge in [-0.3, -0.25) is 4.90 Å². The molecular formula is C19H23ClN2O4S. The third-order valence-electron chi connectivity index (χ3n) is 4.58. The first-order valence-corrected chi connectivity index (χ1v) is 10.6. The van der Waals surface area contributed by atoms with Crippen LogP contribution in [0, 0.1) is 0 Å². The summed E-state index contributed by atoms with van der Waals surface area (Å²) >= 11 is 5.85. The number of hydrogen-bond acceptors (Lipinski definition) is 5. The van der Waals surface area contributed by atoms with Gasteiger partial charge in [0.05, 0.1) is 25.2 Å². The molecule has 0 saturated carbocycles. The molecule has 8 heteroatoms. The predicted octanol–water partition coefficient (Wildman–Crippen LogP) is 2.70. The lowest BCUT2D eigenvalue weighted by molar-refractivity contribution is 0.0172. The summed E-state index contributed by atoms with van der Waals surface area (Å²) in [5, 5.41) is 0.498. The lowest BCUT2D eigenvalue weighted by atomic mass is 10.0. The minimum absolute atomic E-state index is 0.0955. The second kappa shape index (κ2) is 9.03. The number of rotatable bonds is 7. The summed E-state index contributed by atoms with van der Waals surface area (Å²) in [5.74, 6) is 0.765. The Morgan fingerprint density at radius 3 is 2.33 bits per heavy atom. The Kier molecular flexibility index (Phi) is 6.73. The fourth-order valence-electron chi connectivity index (χ4n) is 3.06. The highest BCUT2D eigenvalue weighted by atomic mass is 35.5. The van der Waals surface area contributed by atoms with Crippen molar-refractivity contribution in [2.45, 2.75) is 10.9 Å². The zero-order chi connectivity index (χ0) is 19.3. The number of hydrogen-bond donors (Lipinski definition) is 1. The third-order valence-corrected chi connectivity index (χ3v) is 6.27. The zero-order valence-corrected chi connectivity index (χ0v) is 16.7. The average Bonchev–Trinajstić information content (AvgIpc) is 2.70. The molecule has 1 aliphatic rings. The largest absolute Gasteiger partial charge is 0.497 e. The fourth-order valence-corrected chi connectivity index (χ4v) is 4.22. The van der Waals surface area contributed by atoms with Gasteiger partial charge in [0.2, 0.25) is 10.0 Å². The Morgan fingerprint density at radius 1 is 1.11 bits per heavy atom. The number of sulfonamides is 1. The van der Waals surface area contributed by atoms with Gasteiger partial charge in [-0.05, 0) is 42.0 Å². The van der Waals surface area contributed by atoms with E-state index in [1.807, 2.05) is 24.3 Å². The van der Waals surface area contributed by atoms with Crippen molar-refractivity contribution in [3.63, 3.8) is 0 Å². The molecule has 1 atom stereocenters. The van der Waals surface area contributed by atoms with E-state index in [0.717, 1.165) is 24.4 Å². The Bertz CT molecular complexity index is 835. The first kappa shape index (κ1) is 20.1. The molecule has 0 amide bonds. The van der Waals surface area contributed by atoms with Crippen molar-refractivity contribution in [1.82, 2.24) is 9.62 Å². The molecular weight excluding hydrogens is 388 g/mol. The van der Waals surface area contributed by atoms with Gasteiger partial charge in [0.1, 0.15) is 5.75 Å². The van der Waals surface area contributed by atoms with Crippen molar-refractivity contribution in [2.75, 3.05) is 40.0 Å². The molecule has 3 rings (SSSR count). The van der Waals surface area contributed by atoms with Gasteiger partial charge >= 0.3 is 0 Å². The lowest BCUT2D eigenvalue weighted by Gasteiger charge is -2.35. The van der Waals surface area contributed by atoms with Gasteiger partial charge in [-0.25, -0.2) is 13.1 Å². The van der Waals surface area contributed by atoms with E-state index >= 15 is 0 Å². The van der Waals surface area contributed by atoms with Crippen molar-refractivity contribution < 1.29 is 17.9 Å². The molecule has 6 nitrogen and oxygen atoms in total. The Balaban J connectivity index is 1.78. The third kappa shape index (κ3) is 5.21. The van der Waals surface area contributed by atoms with Gasteiger partial charge in [0.15, 0.2) is 0 Å². The van der Waals surface area contributed by atoms with Crippen molar-refractivity contribution in [2.24, 2.45) is 0 Å². The summed E-state index contributed by atoms with van der Waals surface area (Å²) < 4.78 is 38.7. The van der Waals surface area contributed by atoms with E-state index in [9.17, 15) is 8.42 Å². The highest BCUT2D eigenvalue weighted by molar-refractivity contribution is 7.89. The second-order valence-corrected chi connectivity index (χ2v) is 8.45. The summed E-state index contributed by atoms with van der Waals surface area (Å²) in [6.07, 6.45) is 0. The molecule has 1 aliphatic heterocycles. The Labute approximate surface area is 165 Å². The molecule has 2 aromatic rings. The van der Waals surface area contributed by atoms with Gasteiger partial charge < -0.3 is 9.47 Å². The summed E-state index contributed by atoms with van der Waals surface area (Å²) in [6, 6.07) is 13.8. The zero-order valence-electron chi connectivity index (χ0n) is 15.1. The molecule has 2 aromatic carbocycles. The topological polar surface area (TPSA) is 67.9 Å². The molecule has 0 aromatic heterocycles. The maximum atomic E-state index is 12.6. The Morgan fingerprint density at radius 2 is 1.74 bits per heavy atom. The molecule has 0 radical (unpaired) electrons. The molecule has 1 N–H and O–H groups in total. The standard InChI is InChI=1S/C19H23ClN2O4S/c1-25-17-6-2-15(3-7-17)19(22-10-12-26-13-11-22)14-21-27(23,24)18-8-4-16(20)5-9-18/h2-9,19,21H,10-14H2,1H3. The van der Waals surface area contributed by atoms with Crippen LogP contribution in [0.5, 0.6) is 5.75 Å². The minimum atomic E-state index is -3.62. The Hall–Kier alpha value is -1.64. The SMILES string of the molecule is COc1ccc(C(CNS(=O)(=O)c2ccc(Cl)cc2)N2CCOCC2)cc1. The van der Waals surface area contributed by atoms with Crippen LogP contribution in [-0.4, -0.2) is 53.3 Å². The molecule has 1 heterocycles. The summed E-state index contributed by atoms with van der Waals surface area (Å²) in [4.78, 5) is 2.43. The van der Waals surface area contributed by atoms with Crippen molar-refractivity contribution >= 4 is 21.6 Å². The van der Waals surface area contributed by atoms with E-state index in [1.165, 1.54) is 12.1 Å². The molecule has 146 valence electrons. The van der Waals surface area contributed by atoms with E-state index in [2.05, 4.69) is 9.62 Å². The van der Waals surface area contributed by atoms with Crippen LogP contribution < -0.4 is 9.46 Å². The highest BCUT2D eigenvalue weighted by Crippen LogP contribution is 2.24. The van der Waals surface area contributed by atoms with Gasteiger partial charge in [-0.2, -0.15) is 0 Å². The van der Waals surface area contributed by atoms with Crippen LogP contribution >= 0.6 is 11.6 Å². The quantitative estimate of drug-likeness (QED) is 0.760. The monoisotopic (exact) mass is 410 g/mol. The van der Waals surface area contributed by atoms with E-state index in [1.54, 1.807) is 19.2 Å². The van der Waals surface area contributed by atoms with Crippen LogP contribution in [0.4, 0.5) is 0 Å². The van der Waals surface area contributed by atoms with Crippen LogP contribution in [0.15, 0.2) is 53.4 Å². The molecule has 1 fully saturated rings. The van der Waals surface area contributed by atoms with E-state index in [4.69, 9.17) is 21.1 Å². The van der Waals surface area contributed by atoms with E-state index in [-0.39, 0.29) is 17.5 Å². The summed E-state index contributed by atoms with van der Waals surface area (Å²) in [6.45, 7) is 3.03. The van der Waals surface area contributed by atoms with Crippen molar-refractivity contribution in [3.05, 3.63) is 59.1 Å². The van der Waals surface area contributed by atoms with Gasteiger partial charge in [0, 0.05) is 30.7 Å². The van der Waals surface area contributed by atoms with E-state index in [0.29, 0.717) is 18.2 Å². The number of ether oxygens (including phenoxy) is 2. The van der Waals surface area contributed by atoms with E-state index < -0.39 is 10.0 Å². The molecule has 27 heavy (non-hydrogen) atoms. The number of halogens is 1. The lowest BCUT2D eigenvalue weighted by Crippen LogP contribution is -2.43. The normalized spacial score (nSPS) is 16.8. The average molecular weight is 411 g/mol. The van der Waals surface area contributed by atoms with Gasteiger partial charge in [-0.15, -0.1) is 0 Å². The summed E-state index contributed by atoms with van der Waals surface area (Å²) in [7, 11) is -2.00. The van der Waals surface area contributed by atoms with Gasteiger partial charge in [0.25, 0.3) is 0 Å². The first-order valence-electron chi connectivity index (χ1n) is 8.70. The first-order chi connectivity index (χ1) is 13.0. The highest BCUT2D eigenvalue weighted by Gasteiger charge is 2.25.